The van der Waals surface area contributed by atoms with Gasteiger partial charge < -0.3 is 15.3 Å². The number of aliphatic hydroxyl groups excluding tert-OH is 2. The molecule has 0 saturated heterocycles. The van der Waals surface area contributed by atoms with Gasteiger partial charge in [-0.3, -0.25) is 0 Å². The number of aromatic hydroxyl groups is 1. The van der Waals surface area contributed by atoms with Gasteiger partial charge in [-0.05, 0) is 18.4 Å². The molecule has 0 unspecified atom stereocenters. The minimum Gasteiger partial charge on any atom is -0.507 e. The van der Waals surface area contributed by atoms with Crippen LogP contribution in [-0.4, -0.2) is 21.9 Å². The van der Waals surface area contributed by atoms with Crippen molar-refractivity contribution in [2.45, 2.75) is 19.4 Å². The second-order valence-corrected chi connectivity index (χ2v) is 2.91. The Kier molecular flexibility index (Phi) is 3.73. The van der Waals surface area contributed by atoms with Crippen molar-refractivity contribution in [3.8, 4) is 5.75 Å². The summed E-state index contributed by atoms with van der Waals surface area (Å²) in [6.07, 6.45) is 1.26. The average molecular weight is 182 g/mol. The Morgan fingerprint density at radius 3 is 2.38 bits per heavy atom. The molecule has 1 rings (SSSR count). The first kappa shape index (κ1) is 10.0. The maximum Gasteiger partial charge on any atom is 0.124 e. The summed E-state index contributed by atoms with van der Waals surface area (Å²) in [4.78, 5) is 0. The van der Waals surface area contributed by atoms with Crippen molar-refractivity contribution < 1.29 is 15.3 Å². The maximum absolute atomic E-state index is 9.57. The van der Waals surface area contributed by atoms with Gasteiger partial charge in [0.25, 0.3) is 0 Å². The number of aliphatic hydroxyl groups is 2. The SMILES string of the molecule is OCCCc1cccc(CO)c1O. The monoisotopic (exact) mass is 182 g/mol. The standard InChI is InChI=1S/C10H14O3/c11-6-2-5-8-3-1-4-9(7-12)10(8)13/h1,3-4,11-13H,2,5-7H2. The molecule has 3 heteroatoms. The number of hydrogen-bond donors (Lipinski definition) is 3. The molecule has 0 spiro atoms. The van der Waals surface area contributed by atoms with Crippen LogP contribution in [0.15, 0.2) is 18.2 Å². The minimum absolute atomic E-state index is 0.114. The van der Waals surface area contributed by atoms with E-state index in [9.17, 15) is 5.11 Å². The van der Waals surface area contributed by atoms with E-state index in [1.165, 1.54) is 0 Å². The van der Waals surface area contributed by atoms with Gasteiger partial charge in [0.2, 0.25) is 0 Å². The lowest BCUT2D eigenvalue weighted by Crippen LogP contribution is -1.93. The number of rotatable bonds is 4. The Bertz CT molecular complexity index is 271. The Morgan fingerprint density at radius 2 is 1.77 bits per heavy atom. The largest absolute Gasteiger partial charge is 0.507 e. The van der Waals surface area contributed by atoms with E-state index in [2.05, 4.69) is 0 Å². The van der Waals surface area contributed by atoms with Crippen LogP contribution in [0.3, 0.4) is 0 Å². The molecule has 0 atom stereocenters. The van der Waals surface area contributed by atoms with Crippen LogP contribution in [-0.2, 0) is 13.0 Å². The predicted molar refractivity (Wildman–Crippen MR) is 49.4 cm³/mol. The highest BCUT2D eigenvalue weighted by molar-refractivity contribution is 5.39. The topological polar surface area (TPSA) is 60.7 Å². The van der Waals surface area contributed by atoms with Gasteiger partial charge in [-0.25, -0.2) is 0 Å². The molecule has 0 amide bonds. The van der Waals surface area contributed by atoms with E-state index in [-0.39, 0.29) is 19.0 Å². The molecule has 0 fully saturated rings. The second kappa shape index (κ2) is 4.84. The molecule has 3 N–H and O–H groups in total. The molecule has 72 valence electrons. The first-order valence-electron chi connectivity index (χ1n) is 4.31. The number of aryl methyl sites for hydroxylation is 1. The first-order valence-corrected chi connectivity index (χ1v) is 4.31. The van der Waals surface area contributed by atoms with Gasteiger partial charge in [-0.1, -0.05) is 18.2 Å². The fourth-order valence-corrected chi connectivity index (χ4v) is 1.24. The van der Waals surface area contributed by atoms with Crippen LogP contribution in [0.25, 0.3) is 0 Å². The zero-order valence-corrected chi connectivity index (χ0v) is 7.40. The fraction of sp³-hybridized carbons (Fsp3) is 0.400. The minimum atomic E-state index is -0.154. The molecule has 0 aromatic heterocycles. The summed E-state index contributed by atoms with van der Waals surface area (Å²) in [5.74, 6) is 0.151. The molecule has 0 heterocycles. The summed E-state index contributed by atoms with van der Waals surface area (Å²) in [6.45, 7) is -0.0401. The summed E-state index contributed by atoms with van der Waals surface area (Å²) in [5.41, 5.74) is 1.32. The van der Waals surface area contributed by atoms with Crippen LogP contribution in [0.4, 0.5) is 0 Å². The third-order valence-corrected chi connectivity index (χ3v) is 1.98. The van der Waals surface area contributed by atoms with Crippen molar-refractivity contribution >= 4 is 0 Å². The van der Waals surface area contributed by atoms with E-state index in [0.717, 1.165) is 5.56 Å². The summed E-state index contributed by atoms with van der Waals surface area (Å²) >= 11 is 0. The van der Waals surface area contributed by atoms with Crippen LogP contribution >= 0.6 is 0 Å². The van der Waals surface area contributed by atoms with E-state index in [1.54, 1.807) is 18.2 Å². The smallest absolute Gasteiger partial charge is 0.124 e. The van der Waals surface area contributed by atoms with E-state index in [0.29, 0.717) is 18.4 Å². The number of benzene rings is 1. The van der Waals surface area contributed by atoms with Crippen molar-refractivity contribution in [2.75, 3.05) is 6.61 Å². The van der Waals surface area contributed by atoms with Crippen LogP contribution < -0.4 is 0 Å². The zero-order valence-electron chi connectivity index (χ0n) is 7.40. The molecule has 13 heavy (non-hydrogen) atoms. The van der Waals surface area contributed by atoms with Crippen molar-refractivity contribution in [2.24, 2.45) is 0 Å². The molecule has 0 radical (unpaired) electrons. The molecule has 0 aliphatic heterocycles. The predicted octanol–water partition coefficient (Wildman–Crippen LogP) is 0.809. The van der Waals surface area contributed by atoms with Gasteiger partial charge in [0, 0.05) is 12.2 Å². The Morgan fingerprint density at radius 1 is 1.08 bits per heavy atom. The van der Waals surface area contributed by atoms with Gasteiger partial charge in [0.15, 0.2) is 0 Å². The Hall–Kier alpha value is -1.06. The Balaban J connectivity index is 2.81. The highest BCUT2D eigenvalue weighted by atomic mass is 16.3. The van der Waals surface area contributed by atoms with Crippen molar-refractivity contribution in [1.29, 1.82) is 0 Å². The third-order valence-electron chi connectivity index (χ3n) is 1.98. The summed E-state index contributed by atoms with van der Waals surface area (Å²) in [6, 6.07) is 5.26. The van der Waals surface area contributed by atoms with E-state index in [4.69, 9.17) is 10.2 Å². The molecular formula is C10H14O3. The summed E-state index contributed by atoms with van der Waals surface area (Å²) in [7, 11) is 0. The summed E-state index contributed by atoms with van der Waals surface area (Å²) < 4.78 is 0. The molecule has 0 aliphatic carbocycles. The van der Waals surface area contributed by atoms with E-state index >= 15 is 0 Å². The lowest BCUT2D eigenvalue weighted by molar-refractivity contribution is 0.274. The third kappa shape index (κ3) is 2.44. The highest BCUT2D eigenvalue weighted by Crippen LogP contribution is 2.23. The van der Waals surface area contributed by atoms with Crippen LogP contribution in [0.5, 0.6) is 5.75 Å². The van der Waals surface area contributed by atoms with Crippen molar-refractivity contribution in [3.05, 3.63) is 29.3 Å². The lowest BCUT2D eigenvalue weighted by atomic mass is 10.1. The lowest BCUT2D eigenvalue weighted by Gasteiger charge is -2.06. The van der Waals surface area contributed by atoms with Crippen LogP contribution in [0, 0.1) is 0 Å². The normalized spacial score (nSPS) is 10.3. The number of para-hydroxylation sites is 1. The van der Waals surface area contributed by atoms with Gasteiger partial charge in [-0.2, -0.15) is 0 Å². The van der Waals surface area contributed by atoms with Gasteiger partial charge in [0.05, 0.1) is 6.61 Å². The average Bonchev–Trinajstić information content (AvgIpc) is 2.16. The zero-order chi connectivity index (χ0) is 9.68. The van der Waals surface area contributed by atoms with Crippen molar-refractivity contribution in [1.82, 2.24) is 0 Å². The molecule has 1 aromatic rings. The molecule has 0 aliphatic rings. The molecular weight excluding hydrogens is 168 g/mol. The highest BCUT2D eigenvalue weighted by Gasteiger charge is 2.04. The second-order valence-electron chi connectivity index (χ2n) is 2.91. The summed E-state index contributed by atoms with van der Waals surface area (Å²) in [5, 5.41) is 27.0. The molecule has 0 bridgehead atoms. The van der Waals surface area contributed by atoms with Gasteiger partial charge >= 0.3 is 0 Å². The van der Waals surface area contributed by atoms with Crippen molar-refractivity contribution in [3.63, 3.8) is 0 Å². The van der Waals surface area contributed by atoms with Crippen LogP contribution in [0.1, 0.15) is 17.5 Å². The Labute approximate surface area is 77.3 Å². The van der Waals surface area contributed by atoms with E-state index < -0.39 is 0 Å². The first-order chi connectivity index (χ1) is 6.29. The number of phenols is 1. The molecule has 0 saturated carbocycles. The molecule has 3 nitrogen and oxygen atoms in total. The fourth-order valence-electron chi connectivity index (χ4n) is 1.24. The van der Waals surface area contributed by atoms with Crippen LogP contribution in [0.2, 0.25) is 0 Å². The number of hydrogen-bond acceptors (Lipinski definition) is 3. The maximum atomic E-state index is 9.57. The molecule has 1 aromatic carbocycles. The van der Waals surface area contributed by atoms with E-state index in [1.807, 2.05) is 0 Å². The van der Waals surface area contributed by atoms with Gasteiger partial charge in [0.1, 0.15) is 5.75 Å². The quantitative estimate of drug-likeness (QED) is 0.645. The van der Waals surface area contributed by atoms with Gasteiger partial charge in [-0.15, -0.1) is 0 Å².